The van der Waals surface area contributed by atoms with Gasteiger partial charge < -0.3 is 10.2 Å². The summed E-state index contributed by atoms with van der Waals surface area (Å²) in [6.45, 7) is 4.06. The molecular weight excluding hydrogens is 255 g/mol. The molecule has 1 aromatic carbocycles. The first kappa shape index (κ1) is 14.2. The summed E-state index contributed by atoms with van der Waals surface area (Å²) in [5.41, 5.74) is 0.489. The van der Waals surface area contributed by atoms with Crippen molar-refractivity contribution < 1.29 is 4.39 Å². The van der Waals surface area contributed by atoms with Gasteiger partial charge in [-0.05, 0) is 12.1 Å². The molecule has 0 atom stereocenters. The van der Waals surface area contributed by atoms with Crippen LogP contribution in [0.25, 0.3) is 0 Å². The molecule has 0 unspecified atom stereocenters. The minimum Gasteiger partial charge on any atom is -0.373 e. The highest BCUT2D eigenvalue weighted by atomic mass is 19.1. The topological polar surface area (TPSA) is 41.0 Å². The molecule has 4 nitrogen and oxygen atoms in total. The molecule has 0 fully saturated rings. The molecule has 20 heavy (non-hydrogen) atoms. The van der Waals surface area contributed by atoms with E-state index < -0.39 is 0 Å². The second-order valence-electron chi connectivity index (χ2n) is 4.88. The van der Waals surface area contributed by atoms with Crippen LogP contribution in [0.4, 0.5) is 21.7 Å². The molecule has 1 N–H and O–H groups in total. The van der Waals surface area contributed by atoms with Crippen molar-refractivity contribution >= 4 is 17.3 Å². The van der Waals surface area contributed by atoms with Crippen LogP contribution in [-0.2, 0) is 0 Å². The molecule has 0 bridgehead atoms. The number of nitrogens with zero attached hydrogens (tertiary/aromatic N) is 3. The first-order chi connectivity index (χ1) is 9.52. The summed E-state index contributed by atoms with van der Waals surface area (Å²) in [6.07, 6.45) is 0. The monoisotopic (exact) mass is 274 g/mol. The molecule has 1 heterocycles. The number of hydrogen-bond donors (Lipinski definition) is 1. The van der Waals surface area contributed by atoms with Gasteiger partial charge in [-0.25, -0.2) is 14.4 Å². The molecule has 0 amide bonds. The Labute approximate surface area is 118 Å². The normalized spacial score (nSPS) is 10.7. The van der Waals surface area contributed by atoms with Gasteiger partial charge in [-0.2, -0.15) is 0 Å². The Balaban J connectivity index is 2.46. The predicted octanol–water partition coefficient (Wildman–Crippen LogP) is 3.55. The van der Waals surface area contributed by atoms with Crippen molar-refractivity contribution in [3.05, 3.63) is 42.0 Å². The van der Waals surface area contributed by atoms with E-state index in [0.717, 1.165) is 11.6 Å². The van der Waals surface area contributed by atoms with E-state index in [1.54, 1.807) is 43.3 Å². The summed E-state index contributed by atoms with van der Waals surface area (Å²) in [5.74, 6) is 2.05. The van der Waals surface area contributed by atoms with Gasteiger partial charge in [-0.3, -0.25) is 0 Å². The Morgan fingerprint density at radius 3 is 2.50 bits per heavy atom. The van der Waals surface area contributed by atoms with Crippen LogP contribution < -0.4 is 10.2 Å². The minimum atomic E-state index is -0.272. The lowest BCUT2D eigenvalue weighted by molar-refractivity contribution is 0.627. The average molecular weight is 274 g/mol. The Bertz CT molecular complexity index is 598. The number of aromatic nitrogens is 2. The second kappa shape index (κ2) is 5.86. The molecule has 1 aromatic heterocycles. The lowest BCUT2D eigenvalue weighted by Crippen LogP contribution is -2.15. The zero-order valence-corrected chi connectivity index (χ0v) is 12.2. The van der Waals surface area contributed by atoms with Crippen molar-refractivity contribution in [3.63, 3.8) is 0 Å². The molecule has 0 spiro atoms. The molecular formula is C15H19FN4. The fraction of sp³-hybridized carbons (Fsp3) is 0.333. The molecule has 0 aliphatic rings. The summed E-state index contributed by atoms with van der Waals surface area (Å²) in [7, 11) is 3.60. The van der Waals surface area contributed by atoms with Gasteiger partial charge in [0.25, 0.3) is 0 Å². The zero-order chi connectivity index (χ0) is 14.7. The maximum Gasteiger partial charge on any atom is 0.146 e. The van der Waals surface area contributed by atoms with E-state index in [0.29, 0.717) is 11.5 Å². The van der Waals surface area contributed by atoms with E-state index in [-0.39, 0.29) is 11.7 Å². The first-order valence-electron chi connectivity index (χ1n) is 6.58. The molecule has 106 valence electrons. The van der Waals surface area contributed by atoms with Crippen molar-refractivity contribution in [2.24, 2.45) is 0 Å². The maximum absolute atomic E-state index is 13.9. The van der Waals surface area contributed by atoms with E-state index in [2.05, 4.69) is 15.3 Å². The van der Waals surface area contributed by atoms with Gasteiger partial charge in [-0.15, -0.1) is 0 Å². The zero-order valence-electron chi connectivity index (χ0n) is 12.2. The van der Waals surface area contributed by atoms with Gasteiger partial charge in [0.15, 0.2) is 0 Å². The fourth-order valence-corrected chi connectivity index (χ4v) is 1.86. The maximum atomic E-state index is 13.9. The van der Waals surface area contributed by atoms with Crippen molar-refractivity contribution in [2.45, 2.75) is 19.8 Å². The van der Waals surface area contributed by atoms with Gasteiger partial charge in [0, 0.05) is 26.1 Å². The summed E-state index contributed by atoms with van der Waals surface area (Å²) in [4.78, 5) is 10.6. The Hall–Kier alpha value is -2.17. The lowest BCUT2D eigenvalue weighted by atomic mass is 10.2. The summed E-state index contributed by atoms with van der Waals surface area (Å²) in [5, 5.41) is 3.01. The molecule has 0 radical (unpaired) electrons. The van der Waals surface area contributed by atoms with Crippen LogP contribution >= 0.6 is 0 Å². The van der Waals surface area contributed by atoms with Gasteiger partial charge in [0.05, 0.1) is 5.69 Å². The predicted molar refractivity (Wildman–Crippen MR) is 80.1 cm³/mol. The molecule has 0 saturated carbocycles. The van der Waals surface area contributed by atoms with Gasteiger partial charge in [-0.1, -0.05) is 26.0 Å². The third kappa shape index (κ3) is 2.87. The molecule has 2 rings (SSSR count). The van der Waals surface area contributed by atoms with Crippen LogP contribution in [0.5, 0.6) is 0 Å². The van der Waals surface area contributed by atoms with Crippen LogP contribution in [0.2, 0.25) is 0 Å². The highest BCUT2D eigenvalue weighted by molar-refractivity contribution is 5.62. The number of benzene rings is 1. The third-order valence-electron chi connectivity index (χ3n) is 3.06. The molecule has 5 heteroatoms. The largest absolute Gasteiger partial charge is 0.373 e. The van der Waals surface area contributed by atoms with Crippen LogP contribution in [-0.4, -0.2) is 24.1 Å². The van der Waals surface area contributed by atoms with Crippen molar-refractivity contribution in [3.8, 4) is 0 Å². The third-order valence-corrected chi connectivity index (χ3v) is 3.06. The SMILES string of the molecule is CNc1cc(N(C)c2ccccc2F)nc(C(C)C)n1. The number of rotatable bonds is 4. The van der Waals surface area contributed by atoms with E-state index in [1.807, 2.05) is 13.8 Å². The Morgan fingerprint density at radius 2 is 1.90 bits per heavy atom. The van der Waals surface area contributed by atoms with Crippen LogP contribution in [0.15, 0.2) is 30.3 Å². The quantitative estimate of drug-likeness (QED) is 0.925. The van der Waals surface area contributed by atoms with Crippen molar-refractivity contribution in [1.29, 1.82) is 0 Å². The molecule has 0 aliphatic carbocycles. The summed E-state index contributed by atoms with van der Waals surface area (Å²) >= 11 is 0. The Morgan fingerprint density at radius 1 is 1.20 bits per heavy atom. The summed E-state index contributed by atoms with van der Waals surface area (Å²) < 4.78 is 13.9. The highest BCUT2D eigenvalue weighted by Gasteiger charge is 2.14. The number of hydrogen-bond acceptors (Lipinski definition) is 4. The van der Waals surface area contributed by atoms with E-state index in [9.17, 15) is 4.39 Å². The molecule has 2 aromatic rings. The number of anilines is 3. The highest BCUT2D eigenvalue weighted by Crippen LogP contribution is 2.27. The average Bonchev–Trinajstić information content (AvgIpc) is 2.46. The summed E-state index contributed by atoms with van der Waals surface area (Å²) in [6, 6.07) is 8.45. The first-order valence-corrected chi connectivity index (χ1v) is 6.58. The standard InChI is InChI=1S/C15H19FN4/c1-10(2)15-18-13(17-3)9-14(19-15)20(4)12-8-6-5-7-11(12)16/h5-10H,1-4H3,(H,17,18,19). The second-order valence-corrected chi connectivity index (χ2v) is 4.88. The van der Waals surface area contributed by atoms with E-state index in [1.165, 1.54) is 6.07 Å². The van der Waals surface area contributed by atoms with Crippen molar-refractivity contribution in [1.82, 2.24) is 9.97 Å². The van der Waals surface area contributed by atoms with E-state index >= 15 is 0 Å². The smallest absolute Gasteiger partial charge is 0.146 e. The van der Waals surface area contributed by atoms with Crippen LogP contribution in [0, 0.1) is 5.82 Å². The minimum absolute atomic E-state index is 0.205. The van der Waals surface area contributed by atoms with Crippen molar-refractivity contribution in [2.75, 3.05) is 24.3 Å². The van der Waals surface area contributed by atoms with Gasteiger partial charge in [0.2, 0.25) is 0 Å². The lowest BCUT2D eigenvalue weighted by Gasteiger charge is -2.20. The number of nitrogens with one attached hydrogen (secondary N) is 1. The number of para-hydroxylation sites is 1. The molecule has 0 saturated heterocycles. The molecule has 0 aliphatic heterocycles. The fourth-order valence-electron chi connectivity index (χ4n) is 1.86. The number of halogens is 1. The van der Waals surface area contributed by atoms with Crippen LogP contribution in [0.3, 0.4) is 0 Å². The van der Waals surface area contributed by atoms with Crippen LogP contribution in [0.1, 0.15) is 25.6 Å². The van der Waals surface area contributed by atoms with Gasteiger partial charge in [0.1, 0.15) is 23.3 Å². The Kier molecular flexibility index (Phi) is 4.17. The van der Waals surface area contributed by atoms with Gasteiger partial charge >= 0.3 is 0 Å². The van der Waals surface area contributed by atoms with E-state index in [4.69, 9.17) is 0 Å².